The Labute approximate surface area is 120 Å². The zero-order valence-electron chi connectivity index (χ0n) is 11.3. The lowest BCUT2D eigenvalue weighted by Gasteiger charge is -2.34. The van der Waals surface area contributed by atoms with Crippen LogP contribution in [-0.2, 0) is 9.53 Å². The number of hydrogen-bond donors (Lipinski definition) is 2. The van der Waals surface area contributed by atoms with Gasteiger partial charge in [0.1, 0.15) is 0 Å². The van der Waals surface area contributed by atoms with Gasteiger partial charge in [-0.3, -0.25) is 9.59 Å². The maximum atomic E-state index is 12.5. The highest BCUT2D eigenvalue weighted by molar-refractivity contribution is 5.94. The fourth-order valence-corrected chi connectivity index (χ4v) is 2.48. The van der Waals surface area contributed by atoms with E-state index in [0.717, 1.165) is 5.52 Å². The largest absolute Gasteiger partial charge is 0.481 e. The van der Waals surface area contributed by atoms with E-state index >= 15 is 0 Å². The van der Waals surface area contributed by atoms with E-state index in [0.29, 0.717) is 18.7 Å². The molecule has 1 aliphatic heterocycles. The quantitative estimate of drug-likeness (QED) is 0.874. The molecule has 1 aliphatic rings. The van der Waals surface area contributed by atoms with Crippen molar-refractivity contribution in [1.82, 2.24) is 14.9 Å². The van der Waals surface area contributed by atoms with Gasteiger partial charge in [0.15, 0.2) is 5.82 Å². The monoisotopic (exact) mass is 289 g/mol. The highest BCUT2D eigenvalue weighted by Crippen LogP contribution is 2.16. The number of aliphatic carboxylic acids is 1. The van der Waals surface area contributed by atoms with Gasteiger partial charge < -0.3 is 19.7 Å². The first kappa shape index (κ1) is 13.6. The van der Waals surface area contributed by atoms with E-state index in [1.54, 1.807) is 0 Å². The lowest BCUT2D eigenvalue weighted by molar-refractivity contribution is -0.139. The molecule has 1 unspecified atom stereocenters. The zero-order chi connectivity index (χ0) is 14.8. The summed E-state index contributed by atoms with van der Waals surface area (Å²) in [5.41, 5.74) is 1.49. The minimum Gasteiger partial charge on any atom is -0.481 e. The molecule has 1 aromatic carbocycles. The number of nitrogens with zero attached hydrogens (tertiary/aromatic N) is 2. The van der Waals surface area contributed by atoms with Crippen LogP contribution in [0.15, 0.2) is 24.3 Å². The average Bonchev–Trinajstić information content (AvgIpc) is 2.90. The van der Waals surface area contributed by atoms with Crippen LogP contribution < -0.4 is 0 Å². The van der Waals surface area contributed by atoms with Crippen molar-refractivity contribution in [2.75, 3.05) is 19.8 Å². The SMILES string of the molecule is O=C(O)CC1COCCN1C(=O)c1nc2ccccc2[nH]1. The Morgan fingerprint density at radius 2 is 2.24 bits per heavy atom. The number of aromatic amines is 1. The highest BCUT2D eigenvalue weighted by atomic mass is 16.5. The molecule has 1 atom stereocenters. The zero-order valence-corrected chi connectivity index (χ0v) is 11.3. The number of amides is 1. The van der Waals surface area contributed by atoms with Gasteiger partial charge in [-0.2, -0.15) is 0 Å². The van der Waals surface area contributed by atoms with E-state index in [9.17, 15) is 9.59 Å². The first-order valence-electron chi connectivity index (χ1n) is 6.70. The Bertz CT molecular complexity index is 649. The Hall–Kier alpha value is -2.41. The van der Waals surface area contributed by atoms with Crippen molar-refractivity contribution in [3.8, 4) is 0 Å². The number of rotatable bonds is 3. The fraction of sp³-hybridized carbons (Fsp3) is 0.357. The summed E-state index contributed by atoms with van der Waals surface area (Å²) < 4.78 is 5.27. The van der Waals surface area contributed by atoms with E-state index in [1.807, 2.05) is 24.3 Å². The number of carboxylic acids is 1. The Kier molecular flexibility index (Phi) is 3.57. The molecule has 1 aromatic heterocycles. The van der Waals surface area contributed by atoms with Crippen molar-refractivity contribution in [1.29, 1.82) is 0 Å². The van der Waals surface area contributed by atoms with E-state index in [1.165, 1.54) is 4.90 Å². The van der Waals surface area contributed by atoms with Crippen molar-refractivity contribution in [3.05, 3.63) is 30.1 Å². The van der Waals surface area contributed by atoms with Gasteiger partial charge in [-0.25, -0.2) is 4.98 Å². The van der Waals surface area contributed by atoms with Crippen LogP contribution >= 0.6 is 0 Å². The van der Waals surface area contributed by atoms with Gasteiger partial charge in [0.2, 0.25) is 0 Å². The molecule has 110 valence electrons. The van der Waals surface area contributed by atoms with Crippen LogP contribution in [0.2, 0.25) is 0 Å². The summed E-state index contributed by atoms with van der Waals surface area (Å²) >= 11 is 0. The van der Waals surface area contributed by atoms with Gasteiger partial charge in [0.05, 0.1) is 36.7 Å². The molecular formula is C14H15N3O4. The topological polar surface area (TPSA) is 95.5 Å². The van der Waals surface area contributed by atoms with Crippen LogP contribution in [0.3, 0.4) is 0 Å². The summed E-state index contributed by atoms with van der Waals surface area (Å²) in [4.78, 5) is 32.2. The number of H-pyrrole nitrogens is 1. The molecule has 1 amide bonds. The smallest absolute Gasteiger partial charge is 0.305 e. The molecule has 21 heavy (non-hydrogen) atoms. The maximum Gasteiger partial charge on any atom is 0.305 e. The summed E-state index contributed by atoms with van der Waals surface area (Å²) in [5, 5.41) is 8.93. The number of ether oxygens (including phenoxy) is 1. The van der Waals surface area contributed by atoms with Gasteiger partial charge >= 0.3 is 5.97 Å². The van der Waals surface area contributed by atoms with Crippen LogP contribution in [-0.4, -0.2) is 57.7 Å². The first-order chi connectivity index (χ1) is 10.1. The predicted octanol–water partition coefficient (Wildman–Crippen LogP) is 0.879. The molecule has 2 aromatic rings. The summed E-state index contributed by atoms with van der Waals surface area (Å²) in [6.45, 7) is 1.01. The molecule has 1 fully saturated rings. The second-order valence-electron chi connectivity index (χ2n) is 4.93. The third-order valence-electron chi connectivity index (χ3n) is 3.49. The molecule has 0 bridgehead atoms. The number of carbonyl (C=O) groups excluding carboxylic acids is 1. The van der Waals surface area contributed by atoms with Crippen molar-refractivity contribution < 1.29 is 19.4 Å². The fourth-order valence-electron chi connectivity index (χ4n) is 2.48. The standard InChI is InChI=1S/C14H15N3O4/c18-12(19)7-9-8-21-6-5-17(9)14(20)13-15-10-3-1-2-4-11(10)16-13/h1-4,9H,5-8H2,(H,15,16)(H,18,19). The van der Waals surface area contributed by atoms with E-state index < -0.39 is 12.0 Å². The number of imidazole rings is 1. The van der Waals surface area contributed by atoms with Gasteiger partial charge in [0.25, 0.3) is 5.91 Å². The molecular weight excluding hydrogens is 274 g/mol. The third-order valence-corrected chi connectivity index (χ3v) is 3.49. The van der Waals surface area contributed by atoms with Crippen molar-refractivity contribution >= 4 is 22.9 Å². The molecule has 7 nitrogen and oxygen atoms in total. The Morgan fingerprint density at radius 1 is 1.43 bits per heavy atom. The van der Waals surface area contributed by atoms with E-state index in [2.05, 4.69) is 9.97 Å². The van der Waals surface area contributed by atoms with Crippen molar-refractivity contribution in [2.24, 2.45) is 0 Å². The minimum atomic E-state index is -0.951. The van der Waals surface area contributed by atoms with Crippen LogP contribution in [0.5, 0.6) is 0 Å². The molecule has 2 heterocycles. The van der Waals surface area contributed by atoms with Crippen LogP contribution in [0.25, 0.3) is 11.0 Å². The number of carbonyl (C=O) groups is 2. The molecule has 0 aliphatic carbocycles. The number of para-hydroxylation sites is 2. The van der Waals surface area contributed by atoms with Crippen molar-refractivity contribution in [3.63, 3.8) is 0 Å². The summed E-state index contributed by atoms with van der Waals surface area (Å²) in [6.07, 6.45) is -0.133. The number of hydrogen-bond acceptors (Lipinski definition) is 4. The van der Waals surface area contributed by atoms with E-state index in [-0.39, 0.29) is 24.8 Å². The molecule has 3 rings (SSSR count). The van der Waals surface area contributed by atoms with Gasteiger partial charge in [0, 0.05) is 6.54 Å². The highest BCUT2D eigenvalue weighted by Gasteiger charge is 2.31. The van der Waals surface area contributed by atoms with Crippen LogP contribution in [0, 0.1) is 0 Å². The first-order valence-corrected chi connectivity index (χ1v) is 6.70. The van der Waals surface area contributed by atoms with Gasteiger partial charge in [-0.15, -0.1) is 0 Å². The molecule has 2 N–H and O–H groups in total. The summed E-state index contributed by atoms with van der Waals surface area (Å²) in [5.74, 6) is -1.01. The maximum absolute atomic E-state index is 12.5. The summed E-state index contributed by atoms with van der Waals surface area (Å²) in [6, 6.07) is 6.90. The molecule has 1 saturated heterocycles. The second-order valence-corrected chi connectivity index (χ2v) is 4.93. The molecule has 7 heteroatoms. The van der Waals surface area contributed by atoms with Gasteiger partial charge in [-0.05, 0) is 12.1 Å². The average molecular weight is 289 g/mol. The Balaban J connectivity index is 1.86. The number of aromatic nitrogens is 2. The number of fused-ring (bicyclic) bond motifs is 1. The minimum absolute atomic E-state index is 0.133. The third kappa shape index (κ3) is 2.73. The van der Waals surface area contributed by atoms with Crippen LogP contribution in [0.1, 0.15) is 17.0 Å². The summed E-state index contributed by atoms with van der Waals surface area (Å²) in [7, 11) is 0. The number of benzene rings is 1. The second kappa shape index (κ2) is 5.53. The van der Waals surface area contributed by atoms with E-state index in [4.69, 9.17) is 9.84 Å². The number of carboxylic acid groups (broad SMARTS) is 1. The van der Waals surface area contributed by atoms with Gasteiger partial charge in [-0.1, -0.05) is 12.1 Å². The number of nitrogens with one attached hydrogen (secondary N) is 1. The molecule has 0 radical (unpaired) electrons. The van der Waals surface area contributed by atoms with Crippen molar-refractivity contribution in [2.45, 2.75) is 12.5 Å². The van der Waals surface area contributed by atoms with Crippen LogP contribution in [0.4, 0.5) is 0 Å². The molecule has 0 spiro atoms. The predicted molar refractivity (Wildman–Crippen MR) is 74.0 cm³/mol. The molecule has 0 saturated carbocycles. The Morgan fingerprint density at radius 3 is 3.00 bits per heavy atom. The lowest BCUT2D eigenvalue weighted by atomic mass is 10.1. The normalized spacial score (nSPS) is 18.9. The number of morpholine rings is 1. The lowest BCUT2D eigenvalue weighted by Crippen LogP contribution is -2.49.